The lowest BCUT2D eigenvalue weighted by Crippen LogP contribution is -2.49. The maximum Gasteiger partial charge on any atom is 0.272 e. The molecule has 0 aliphatic carbocycles. The van der Waals surface area contributed by atoms with E-state index < -0.39 is 0 Å². The molecule has 1 amide bonds. The van der Waals surface area contributed by atoms with E-state index in [9.17, 15) is 4.79 Å². The standard InChI is InChI=1S/C16H25N3O/c1-13(2)7-8-18-9-11-19(12-10-18)16(20)15-6-4-5-14(3)17-15/h4-6,13H,7-12H2,1-3H3. The molecule has 1 fully saturated rings. The molecule has 0 radical (unpaired) electrons. The average Bonchev–Trinajstić information content (AvgIpc) is 2.45. The number of aromatic nitrogens is 1. The van der Waals surface area contributed by atoms with Gasteiger partial charge < -0.3 is 4.90 Å². The van der Waals surface area contributed by atoms with Gasteiger partial charge in [0.1, 0.15) is 5.69 Å². The zero-order valence-electron chi connectivity index (χ0n) is 12.8. The zero-order chi connectivity index (χ0) is 14.5. The number of hydrogen-bond acceptors (Lipinski definition) is 3. The Morgan fingerprint density at radius 2 is 1.95 bits per heavy atom. The lowest BCUT2D eigenvalue weighted by Gasteiger charge is -2.34. The fourth-order valence-corrected chi connectivity index (χ4v) is 2.44. The minimum Gasteiger partial charge on any atom is -0.335 e. The van der Waals surface area contributed by atoms with Crippen LogP contribution >= 0.6 is 0 Å². The number of rotatable bonds is 4. The number of pyridine rings is 1. The third kappa shape index (κ3) is 4.04. The SMILES string of the molecule is Cc1cccc(C(=O)N2CCN(CCC(C)C)CC2)n1. The van der Waals surface area contributed by atoms with E-state index in [-0.39, 0.29) is 5.91 Å². The van der Waals surface area contributed by atoms with Gasteiger partial charge in [0.2, 0.25) is 0 Å². The molecule has 1 aliphatic heterocycles. The first-order valence-corrected chi connectivity index (χ1v) is 7.51. The molecule has 0 N–H and O–H groups in total. The smallest absolute Gasteiger partial charge is 0.272 e. The van der Waals surface area contributed by atoms with Gasteiger partial charge in [0.15, 0.2) is 0 Å². The van der Waals surface area contributed by atoms with E-state index in [4.69, 9.17) is 0 Å². The molecule has 1 aromatic heterocycles. The number of carbonyl (C=O) groups is 1. The molecular weight excluding hydrogens is 250 g/mol. The highest BCUT2D eigenvalue weighted by molar-refractivity contribution is 5.92. The summed E-state index contributed by atoms with van der Waals surface area (Å²) < 4.78 is 0. The molecule has 2 rings (SSSR count). The summed E-state index contributed by atoms with van der Waals surface area (Å²) in [5.41, 5.74) is 1.46. The van der Waals surface area contributed by atoms with E-state index in [0.29, 0.717) is 5.69 Å². The molecule has 110 valence electrons. The van der Waals surface area contributed by atoms with Gasteiger partial charge in [0, 0.05) is 31.9 Å². The minimum atomic E-state index is 0.0669. The normalized spacial score (nSPS) is 16.7. The Kier molecular flexibility index (Phi) is 5.12. The van der Waals surface area contributed by atoms with Crippen molar-refractivity contribution < 1.29 is 4.79 Å². The molecule has 0 bridgehead atoms. The van der Waals surface area contributed by atoms with Crippen molar-refractivity contribution >= 4 is 5.91 Å². The van der Waals surface area contributed by atoms with Gasteiger partial charge in [0.25, 0.3) is 5.91 Å². The van der Waals surface area contributed by atoms with Gasteiger partial charge in [-0.2, -0.15) is 0 Å². The third-order valence-electron chi connectivity index (χ3n) is 3.79. The van der Waals surface area contributed by atoms with E-state index in [0.717, 1.165) is 44.3 Å². The van der Waals surface area contributed by atoms with Gasteiger partial charge in [-0.1, -0.05) is 19.9 Å². The lowest BCUT2D eigenvalue weighted by atomic mass is 10.1. The maximum atomic E-state index is 12.4. The van der Waals surface area contributed by atoms with Crippen LogP contribution in [0, 0.1) is 12.8 Å². The van der Waals surface area contributed by atoms with Crippen LogP contribution in [0.3, 0.4) is 0 Å². The van der Waals surface area contributed by atoms with Gasteiger partial charge in [-0.25, -0.2) is 4.98 Å². The summed E-state index contributed by atoms with van der Waals surface area (Å²) in [6.45, 7) is 11.1. The van der Waals surface area contributed by atoms with Crippen LogP contribution in [0.15, 0.2) is 18.2 Å². The van der Waals surface area contributed by atoms with Gasteiger partial charge in [-0.15, -0.1) is 0 Å². The van der Waals surface area contributed by atoms with Crippen LogP contribution in [-0.4, -0.2) is 53.4 Å². The number of amides is 1. The van der Waals surface area contributed by atoms with Gasteiger partial charge >= 0.3 is 0 Å². The predicted octanol–water partition coefficient (Wildman–Crippen LogP) is 2.19. The molecule has 1 aliphatic rings. The third-order valence-corrected chi connectivity index (χ3v) is 3.79. The molecule has 0 unspecified atom stereocenters. The highest BCUT2D eigenvalue weighted by atomic mass is 16.2. The van der Waals surface area contributed by atoms with Crippen molar-refractivity contribution in [3.05, 3.63) is 29.6 Å². The fourth-order valence-electron chi connectivity index (χ4n) is 2.44. The zero-order valence-corrected chi connectivity index (χ0v) is 12.8. The van der Waals surface area contributed by atoms with Gasteiger partial charge in [0.05, 0.1) is 0 Å². The quantitative estimate of drug-likeness (QED) is 0.845. The second-order valence-electron chi connectivity index (χ2n) is 5.98. The van der Waals surface area contributed by atoms with Crippen molar-refractivity contribution in [2.45, 2.75) is 27.2 Å². The number of aryl methyl sites for hydroxylation is 1. The van der Waals surface area contributed by atoms with Crippen LogP contribution in [0.4, 0.5) is 0 Å². The van der Waals surface area contributed by atoms with E-state index >= 15 is 0 Å². The average molecular weight is 275 g/mol. The molecular formula is C16H25N3O. The summed E-state index contributed by atoms with van der Waals surface area (Å²) >= 11 is 0. The molecule has 1 saturated heterocycles. The van der Waals surface area contributed by atoms with Crippen molar-refractivity contribution in [2.24, 2.45) is 5.92 Å². The second-order valence-corrected chi connectivity index (χ2v) is 5.98. The van der Waals surface area contributed by atoms with E-state index in [1.54, 1.807) is 6.07 Å². The first kappa shape index (κ1) is 15.0. The van der Waals surface area contributed by atoms with Crippen molar-refractivity contribution in [1.29, 1.82) is 0 Å². The summed E-state index contributed by atoms with van der Waals surface area (Å²) in [6, 6.07) is 5.62. The highest BCUT2D eigenvalue weighted by Crippen LogP contribution is 2.09. The topological polar surface area (TPSA) is 36.4 Å². The molecule has 4 heteroatoms. The van der Waals surface area contributed by atoms with Crippen molar-refractivity contribution in [2.75, 3.05) is 32.7 Å². The Morgan fingerprint density at radius 1 is 1.25 bits per heavy atom. The summed E-state index contributed by atoms with van der Waals surface area (Å²) in [4.78, 5) is 21.1. The Bertz CT molecular complexity index is 451. The van der Waals surface area contributed by atoms with Gasteiger partial charge in [-0.05, 0) is 37.9 Å². The summed E-state index contributed by atoms with van der Waals surface area (Å²) in [5.74, 6) is 0.809. The van der Waals surface area contributed by atoms with Crippen LogP contribution in [0.5, 0.6) is 0 Å². The Balaban J connectivity index is 1.86. The van der Waals surface area contributed by atoms with Crippen LogP contribution in [0.1, 0.15) is 36.5 Å². The van der Waals surface area contributed by atoms with Crippen LogP contribution in [0.2, 0.25) is 0 Å². The summed E-state index contributed by atoms with van der Waals surface area (Å²) in [7, 11) is 0. The molecule has 2 heterocycles. The molecule has 0 aromatic carbocycles. The predicted molar refractivity (Wildman–Crippen MR) is 80.8 cm³/mol. The maximum absolute atomic E-state index is 12.4. The molecule has 0 saturated carbocycles. The molecule has 1 aromatic rings. The largest absolute Gasteiger partial charge is 0.335 e. The van der Waals surface area contributed by atoms with Gasteiger partial charge in [-0.3, -0.25) is 9.69 Å². The Morgan fingerprint density at radius 3 is 2.55 bits per heavy atom. The molecule has 20 heavy (non-hydrogen) atoms. The van der Waals surface area contributed by atoms with E-state index in [1.165, 1.54) is 6.42 Å². The van der Waals surface area contributed by atoms with Crippen molar-refractivity contribution in [1.82, 2.24) is 14.8 Å². The Hall–Kier alpha value is -1.42. The summed E-state index contributed by atoms with van der Waals surface area (Å²) in [6.07, 6.45) is 1.23. The first-order valence-electron chi connectivity index (χ1n) is 7.51. The van der Waals surface area contributed by atoms with Crippen LogP contribution in [0.25, 0.3) is 0 Å². The molecule has 4 nitrogen and oxygen atoms in total. The molecule has 0 spiro atoms. The summed E-state index contributed by atoms with van der Waals surface area (Å²) in [5, 5.41) is 0. The highest BCUT2D eigenvalue weighted by Gasteiger charge is 2.22. The first-order chi connectivity index (χ1) is 9.56. The lowest BCUT2D eigenvalue weighted by molar-refractivity contribution is 0.0626. The number of piperazine rings is 1. The van der Waals surface area contributed by atoms with E-state index in [1.807, 2.05) is 24.0 Å². The van der Waals surface area contributed by atoms with Crippen LogP contribution < -0.4 is 0 Å². The molecule has 0 atom stereocenters. The van der Waals surface area contributed by atoms with E-state index in [2.05, 4.69) is 23.7 Å². The second kappa shape index (κ2) is 6.84. The van der Waals surface area contributed by atoms with Crippen molar-refractivity contribution in [3.63, 3.8) is 0 Å². The number of carbonyl (C=O) groups excluding carboxylic acids is 1. The van der Waals surface area contributed by atoms with Crippen LogP contribution in [-0.2, 0) is 0 Å². The monoisotopic (exact) mass is 275 g/mol. The Labute approximate surface area is 121 Å². The minimum absolute atomic E-state index is 0.0669. The van der Waals surface area contributed by atoms with Crippen molar-refractivity contribution in [3.8, 4) is 0 Å². The fraction of sp³-hybridized carbons (Fsp3) is 0.625. The number of nitrogens with zero attached hydrogens (tertiary/aromatic N) is 3. The number of hydrogen-bond donors (Lipinski definition) is 0.